The lowest BCUT2D eigenvalue weighted by Gasteiger charge is -2.28. The van der Waals surface area contributed by atoms with Crippen molar-refractivity contribution in [2.24, 2.45) is 5.92 Å². The van der Waals surface area contributed by atoms with Crippen molar-refractivity contribution in [3.63, 3.8) is 0 Å². The van der Waals surface area contributed by atoms with Gasteiger partial charge in [-0.3, -0.25) is 4.79 Å². The predicted octanol–water partition coefficient (Wildman–Crippen LogP) is 3.26. The van der Waals surface area contributed by atoms with Crippen molar-refractivity contribution in [3.8, 4) is 0 Å². The van der Waals surface area contributed by atoms with Crippen molar-refractivity contribution in [2.45, 2.75) is 32.7 Å². The molecule has 0 aromatic heterocycles. The van der Waals surface area contributed by atoms with Gasteiger partial charge in [0.1, 0.15) is 5.82 Å². The van der Waals surface area contributed by atoms with E-state index < -0.39 is 5.82 Å². The van der Waals surface area contributed by atoms with Gasteiger partial charge in [-0.15, -0.1) is 0 Å². The van der Waals surface area contributed by atoms with Gasteiger partial charge in [-0.25, -0.2) is 4.39 Å². The monoisotopic (exact) mass is 235 g/mol. The minimum atomic E-state index is -0.426. The number of hydrogen-bond donors (Lipinski definition) is 0. The second-order valence-corrected chi connectivity index (χ2v) is 4.88. The summed E-state index contributed by atoms with van der Waals surface area (Å²) in [6.07, 6.45) is 2.46. The number of Topliss-reactive ketones (excluding diaryl/α,β-unsaturated/α-hetero) is 1. The second kappa shape index (κ2) is 4.47. The normalized spacial score (nSPS) is 16.7. The van der Waals surface area contributed by atoms with Crippen LogP contribution in [-0.2, 0) is 0 Å². The highest BCUT2D eigenvalue weighted by molar-refractivity contribution is 6.00. The zero-order chi connectivity index (χ0) is 12.6. The van der Waals surface area contributed by atoms with E-state index in [0.717, 1.165) is 0 Å². The van der Waals surface area contributed by atoms with E-state index in [4.69, 9.17) is 0 Å². The van der Waals surface area contributed by atoms with Crippen LogP contribution in [0.25, 0.3) is 0 Å². The largest absolute Gasteiger partial charge is 0.371 e. The van der Waals surface area contributed by atoms with Crippen molar-refractivity contribution in [1.29, 1.82) is 0 Å². The molecule has 0 heterocycles. The van der Waals surface area contributed by atoms with Crippen LogP contribution >= 0.6 is 0 Å². The Morgan fingerprint density at radius 1 is 1.47 bits per heavy atom. The Morgan fingerprint density at radius 2 is 2.12 bits per heavy atom. The average molecular weight is 235 g/mol. The van der Waals surface area contributed by atoms with Crippen molar-refractivity contribution in [1.82, 2.24) is 0 Å². The van der Waals surface area contributed by atoms with E-state index in [2.05, 4.69) is 6.92 Å². The molecule has 0 aliphatic heterocycles. The van der Waals surface area contributed by atoms with Crippen molar-refractivity contribution >= 4 is 11.5 Å². The fourth-order valence-corrected chi connectivity index (χ4v) is 2.27. The first kappa shape index (κ1) is 12.1. The fraction of sp³-hybridized carbons (Fsp3) is 0.500. The zero-order valence-electron chi connectivity index (χ0n) is 10.5. The Morgan fingerprint density at radius 3 is 2.65 bits per heavy atom. The summed E-state index contributed by atoms with van der Waals surface area (Å²) < 4.78 is 13.7. The molecule has 1 saturated carbocycles. The van der Waals surface area contributed by atoms with Gasteiger partial charge in [0.15, 0.2) is 5.78 Å². The average Bonchev–Trinajstić information content (AvgIpc) is 3.10. The van der Waals surface area contributed by atoms with E-state index in [9.17, 15) is 9.18 Å². The molecule has 0 spiro atoms. The number of halogens is 1. The van der Waals surface area contributed by atoms with Gasteiger partial charge < -0.3 is 4.90 Å². The standard InChI is InChI=1S/C14H18FNO/c1-9(11-7-8-11)16(3)13-6-4-5-12(15)14(13)10(2)17/h4-6,9,11H,7-8H2,1-3H3. The van der Waals surface area contributed by atoms with Crippen LogP contribution in [0.4, 0.5) is 10.1 Å². The van der Waals surface area contributed by atoms with E-state index in [1.54, 1.807) is 6.07 Å². The minimum absolute atomic E-state index is 0.211. The van der Waals surface area contributed by atoms with Crippen LogP contribution in [0.1, 0.15) is 37.0 Å². The number of benzene rings is 1. The van der Waals surface area contributed by atoms with Gasteiger partial charge in [-0.2, -0.15) is 0 Å². The molecule has 1 aliphatic rings. The maximum atomic E-state index is 13.7. The molecule has 92 valence electrons. The Hall–Kier alpha value is -1.38. The molecule has 1 aliphatic carbocycles. The van der Waals surface area contributed by atoms with E-state index >= 15 is 0 Å². The summed E-state index contributed by atoms with van der Waals surface area (Å²) in [4.78, 5) is 13.6. The summed E-state index contributed by atoms with van der Waals surface area (Å²) in [6, 6.07) is 5.18. The molecule has 1 aromatic rings. The minimum Gasteiger partial charge on any atom is -0.371 e. The van der Waals surface area contributed by atoms with Gasteiger partial charge in [-0.05, 0) is 44.7 Å². The van der Waals surface area contributed by atoms with Gasteiger partial charge in [0, 0.05) is 13.1 Å². The number of rotatable bonds is 4. The smallest absolute Gasteiger partial charge is 0.164 e. The molecule has 1 aromatic carbocycles. The van der Waals surface area contributed by atoms with Crippen LogP contribution in [0.5, 0.6) is 0 Å². The lowest BCUT2D eigenvalue weighted by atomic mass is 10.1. The number of hydrogen-bond acceptors (Lipinski definition) is 2. The zero-order valence-corrected chi connectivity index (χ0v) is 10.5. The third kappa shape index (κ3) is 2.33. The van der Waals surface area contributed by atoms with Crippen LogP contribution in [0.3, 0.4) is 0 Å². The summed E-state index contributed by atoms with van der Waals surface area (Å²) in [5.74, 6) is 0.0425. The first-order valence-corrected chi connectivity index (χ1v) is 6.04. The molecule has 3 heteroatoms. The molecule has 2 nitrogen and oxygen atoms in total. The lowest BCUT2D eigenvalue weighted by Crippen LogP contribution is -2.32. The Kier molecular flexibility index (Phi) is 3.18. The van der Waals surface area contributed by atoms with Crippen LogP contribution in [0, 0.1) is 11.7 Å². The molecule has 17 heavy (non-hydrogen) atoms. The van der Waals surface area contributed by atoms with Gasteiger partial charge in [0.2, 0.25) is 0 Å². The van der Waals surface area contributed by atoms with Crippen LogP contribution in [0.15, 0.2) is 18.2 Å². The maximum absolute atomic E-state index is 13.7. The summed E-state index contributed by atoms with van der Waals surface area (Å²) >= 11 is 0. The number of ketones is 1. The molecule has 0 N–H and O–H groups in total. The summed E-state index contributed by atoms with van der Waals surface area (Å²) in [5.41, 5.74) is 0.916. The van der Waals surface area contributed by atoms with Gasteiger partial charge in [0.05, 0.1) is 11.3 Å². The molecule has 0 amide bonds. The maximum Gasteiger partial charge on any atom is 0.164 e. The molecule has 0 saturated heterocycles. The number of anilines is 1. The molecular formula is C14H18FNO. The highest BCUT2D eigenvalue weighted by Gasteiger charge is 2.31. The molecule has 2 rings (SSSR count). The SMILES string of the molecule is CC(=O)c1c(F)cccc1N(C)C(C)C1CC1. The van der Waals surface area contributed by atoms with E-state index in [0.29, 0.717) is 17.6 Å². The number of carbonyl (C=O) groups excluding carboxylic acids is 1. The van der Waals surface area contributed by atoms with Gasteiger partial charge in [0.25, 0.3) is 0 Å². The first-order chi connectivity index (χ1) is 8.02. The van der Waals surface area contributed by atoms with Crippen LogP contribution < -0.4 is 4.90 Å². The highest BCUT2D eigenvalue weighted by atomic mass is 19.1. The van der Waals surface area contributed by atoms with Crippen LogP contribution in [0.2, 0.25) is 0 Å². The Bertz CT molecular complexity index is 440. The summed E-state index contributed by atoms with van der Waals surface area (Å²) in [5, 5.41) is 0. The topological polar surface area (TPSA) is 20.3 Å². The molecular weight excluding hydrogens is 217 g/mol. The van der Waals surface area contributed by atoms with Gasteiger partial charge >= 0.3 is 0 Å². The third-order valence-corrected chi connectivity index (χ3v) is 3.64. The van der Waals surface area contributed by atoms with Crippen molar-refractivity contribution in [3.05, 3.63) is 29.6 Å². The van der Waals surface area contributed by atoms with Crippen molar-refractivity contribution < 1.29 is 9.18 Å². The third-order valence-electron chi connectivity index (χ3n) is 3.64. The lowest BCUT2D eigenvalue weighted by molar-refractivity contribution is 0.101. The van der Waals surface area contributed by atoms with E-state index in [1.807, 2.05) is 18.0 Å². The molecule has 0 bridgehead atoms. The van der Waals surface area contributed by atoms with E-state index in [-0.39, 0.29) is 11.3 Å². The summed E-state index contributed by atoms with van der Waals surface area (Å²) in [6.45, 7) is 3.55. The van der Waals surface area contributed by atoms with E-state index in [1.165, 1.54) is 25.8 Å². The molecule has 1 unspecified atom stereocenters. The molecule has 1 fully saturated rings. The first-order valence-electron chi connectivity index (χ1n) is 6.04. The van der Waals surface area contributed by atoms with Crippen molar-refractivity contribution in [2.75, 3.05) is 11.9 Å². The molecule has 0 radical (unpaired) electrons. The summed E-state index contributed by atoms with van der Waals surface area (Å²) in [7, 11) is 1.93. The Balaban J connectivity index is 2.36. The highest BCUT2D eigenvalue weighted by Crippen LogP contribution is 2.37. The second-order valence-electron chi connectivity index (χ2n) is 4.88. The number of carbonyl (C=O) groups is 1. The fourth-order valence-electron chi connectivity index (χ4n) is 2.27. The molecule has 1 atom stereocenters. The van der Waals surface area contributed by atoms with Crippen LogP contribution in [-0.4, -0.2) is 18.9 Å². The quantitative estimate of drug-likeness (QED) is 0.746. The number of nitrogens with zero attached hydrogens (tertiary/aromatic N) is 1. The Labute approximate surface area is 101 Å². The predicted molar refractivity (Wildman–Crippen MR) is 67.0 cm³/mol. The van der Waals surface area contributed by atoms with Gasteiger partial charge in [-0.1, -0.05) is 6.07 Å².